The zero-order valence-corrected chi connectivity index (χ0v) is 14.5. The molecule has 0 aromatic heterocycles. The van der Waals surface area contributed by atoms with E-state index < -0.39 is 3.79 Å². The van der Waals surface area contributed by atoms with Crippen LogP contribution in [0.4, 0.5) is 11.4 Å². The smallest absolute Gasteiger partial charge is 0.228 e. The number of nitrogens with zero attached hydrogens (tertiary/aromatic N) is 2. The molecule has 0 radical (unpaired) electrons. The van der Waals surface area contributed by atoms with E-state index in [-0.39, 0.29) is 6.17 Å². The van der Waals surface area contributed by atoms with Crippen LogP contribution in [-0.4, -0.2) is 23.0 Å². The molecule has 5 heteroatoms. The van der Waals surface area contributed by atoms with Gasteiger partial charge in [-0.15, -0.1) is 0 Å². The van der Waals surface area contributed by atoms with Gasteiger partial charge in [-0.2, -0.15) is 0 Å². The van der Waals surface area contributed by atoms with Gasteiger partial charge in [0.25, 0.3) is 0 Å². The number of aryl methyl sites for hydroxylation is 1. The number of para-hydroxylation sites is 1. The van der Waals surface area contributed by atoms with Crippen molar-refractivity contribution in [3.05, 3.63) is 60.2 Å². The Balaban J connectivity index is 1.97. The van der Waals surface area contributed by atoms with Crippen LogP contribution < -0.4 is 9.80 Å². The first kappa shape index (κ1) is 15.8. The van der Waals surface area contributed by atoms with E-state index in [0.29, 0.717) is 0 Å². The van der Waals surface area contributed by atoms with Gasteiger partial charge in [0.15, 0.2) is 6.17 Å². The SMILES string of the molecule is Cc1ccc(N2CCN(c3ccccc3)C2C(Cl)(Cl)Cl)cc1. The standard InChI is InChI=1S/C17H17Cl3N2/c1-13-7-9-15(10-8-13)22-12-11-21(16(22)17(18,19)20)14-5-3-2-4-6-14/h2-10,16H,11-12H2,1H3. The van der Waals surface area contributed by atoms with Crippen LogP contribution in [-0.2, 0) is 0 Å². The van der Waals surface area contributed by atoms with Crippen LogP contribution in [0, 0.1) is 6.92 Å². The van der Waals surface area contributed by atoms with Crippen molar-refractivity contribution in [1.29, 1.82) is 0 Å². The van der Waals surface area contributed by atoms with E-state index in [1.807, 2.05) is 30.3 Å². The molecule has 1 unspecified atom stereocenters. The van der Waals surface area contributed by atoms with E-state index in [4.69, 9.17) is 34.8 Å². The molecule has 0 saturated carbocycles. The van der Waals surface area contributed by atoms with Crippen molar-refractivity contribution in [2.45, 2.75) is 16.9 Å². The van der Waals surface area contributed by atoms with Crippen LogP contribution in [0.3, 0.4) is 0 Å². The molecule has 1 aliphatic rings. The minimum atomic E-state index is -1.41. The van der Waals surface area contributed by atoms with Gasteiger partial charge < -0.3 is 9.80 Å². The fourth-order valence-electron chi connectivity index (χ4n) is 2.88. The van der Waals surface area contributed by atoms with Crippen molar-refractivity contribution < 1.29 is 0 Å². The molecule has 0 N–H and O–H groups in total. The highest BCUT2D eigenvalue weighted by Crippen LogP contribution is 2.41. The second-order valence-corrected chi connectivity index (χ2v) is 7.84. The van der Waals surface area contributed by atoms with Crippen molar-refractivity contribution in [1.82, 2.24) is 0 Å². The molecule has 1 fully saturated rings. The molecule has 0 amide bonds. The Morgan fingerprint density at radius 3 is 1.82 bits per heavy atom. The summed E-state index contributed by atoms with van der Waals surface area (Å²) in [4.78, 5) is 4.30. The molecule has 0 spiro atoms. The van der Waals surface area contributed by atoms with Crippen molar-refractivity contribution in [3.63, 3.8) is 0 Å². The quantitative estimate of drug-likeness (QED) is 0.698. The van der Waals surface area contributed by atoms with Gasteiger partial charge in [-0.3, -0.25) is 0 Å². The molecule has 1 heterocycles. The predicted octanol–water partition coefficient (Wildman–Crippen LogP) is 5.02. The molecule has 2 aromatic rings. The summed E-state index contributed by atoms with van der Waals surface area (Å²) in [5.74, 6) is 0. The molecule has 2 nitrogen and oxygen atoms in total. The van der Waals surface area contributed by atoms with Gasteiger partial charge in [-0.1, -0.05) is 70.7 Å². The largest absolute Gasteiger partial charge is 0.346 e. The number of benzene rings is 2. The lowest BCUT2D eigenvalue weighted by molar-refractivity contribution is 0.681. The normalized spacial score (nSPS) is 18.8. The number of hydrogen-bond acceptors (Lipinski definition) is 2. The summed E-state index contributed by atoms with van der Waals surface area (Å²) >= 11 is 18.9. The van der Waals surface area contributed by atoms with Crippen molar-refractivity contribution in [3.8, 4) is 0 Å². The Hall–Kier alpha value is -1.09. The van der Waals surface area contributed by atoms with Gasteiger partial charge in [0.05, 0.1) is 0 Å². The van der Waals surface area contributed by atoms with E-state index in [0.717, 1.165) is 24.5 Å². The average molecular weight is 356 g/mol. The highest BCUT2D eigenvalue weighted by Gasteiger charge is 2.45. The summed E-state index contributed by atoms with van der Waals surface area (Å²) in [6.45, 7) is 3.70. The Morgan fingerprint density at radius 2 is 1.32 bits per heavy atom. The van der Waals surface area contributed by atoms with Crippen LogP contribution in [0.1, 0.15) is 5.56 Å². The third-order valence-electron chi connectivity index (χ3n) is 3.92. The first-order valence-corrected chi connectivity index (χ1v) is 8.32. The van der Waals surface area contributed by atoms with Gasteiger partial charge in [0.1, 0.15) is 0 Å². The topological polar surface area (TPSA) is 6.48 Å². The lowest BCUT2D eigenvalue weighted by Gasteiger charge is -2.37. The minimum Gasteiger partial charge on any atom is -0.346 e. The van der Waals surface area contributed by atoms with Gasteiger partial charge in [-0.25, -0.2) is 0 Å². The molecule has 1 atom stereocenters. The first-order chi connectivity index (χ1) is 10.5. The average Bonchev–Trinajstić information content (AvgIpc) is 2.94. The number of rotatable bonds is 2. The summed E-state index contributed by atoms with van der Waals surface area (Å²) in [6.07, 6.45) is -0.331. The van der Waals surface area contributed by atoms with Gasteiger partial charge in [0.2, 0.25) is 3.79 Å². The lowest BCUT2D eigenvalue weighted by atomic mass is 10.2. The number of hydrogen-bond donors (Lipinski definition) is 0. The van der Waals surface area contributed by atoms with Crippen LogP contribution in [0.25, 0.3) is 0 Å². The summed E-state index contributed by atoms with van der Waals surface area (Å²) < 4.78 is -1.41. The maximum Gasteiger partial charge on any atom is 0.228 e. The second kappa shape index (κ2) is 6.19. The first-order valence-electron chi connectivity index (χ1n) is 7.18. The van der Waals surface area contributed by atoms with E-state index in [2.05, 4.69) is 41.0 Å². The molecule has 1 saturated heterocycles. The van der Waals surface area contributed by atoms with Crippen molar-refractivity contribution in [2.75, 3.05) is 22.9 Å². The van der Waals surface area contributed by atoms with Crippen LogP contribution in [0.15, 0.2) is 54.6 Å². The molecule has 0 bridgehead atoms. The molecular weight excluding hydrogens is 339 g/mol. The van der Waals surface area contributed by atoms with Gasteiger partial charge in [0, 0.05) is 24.5 Å². The monoisotopic (exact) mass is 354 g/mol. The summed E-state index contributed by atoms with van der Waals surface area (Å²) in [5.41, 5.74) is 3.35. The maximum absolute atomic E-state index is 6.31. The number of alkyl halides is 3. The Morgan fingerprint density at radius 1 is 0.818 bits per heavy atom. The zero-order valence-electron chi connectivity index (χ0n) is 12.2. The van der Waals surface area contributed by atoms with E-state index in [1.54, 1.807) is 0 Å². The molecule has 1 aliphatic heterocycles. The fraction of sp³-hybridized carbons (Fsp3) is 0.294. The van der Waals surface area contributed by atoms with Crippen LogP contribution >= 0.6 is 34.8 Å². The fourth-order valence-corrected chi connectivity index (χ4v) is 3.58. The number of anilines is 2. The van der Waals surface area contributed by atoms with Crippen LogP contribution in [0.5, 0.6) is 0 Å². The molecule has 3 rings (SSSR count). The third-order valence-corrected chi connectivity index (χ3v) is 4.50. The van der Waals surface area contributed by atoms with Crippen LogP contribution in [0.2, 0.25) is 0 Å². The van der Waals surface area contributed by atoms with Crippen molar-refractivity contribution >= 4 is 46.2 Å². The molecule has 2 aromatic carbocycles. The molecule has 22 heavy (non-hydrogen) atoms. The molecular formula is C17H17Cl3N2. The van der Waals surface area contributed by atoms with E-state index in [9.17, 15) is 0 Å². The Bertz CT molecular complexity index is 623. The Kier molecular flexibility index (Phi) is 4.44. The number of halogens is 3. The molecule has 116 valence electrons. The molecule has 0 aliphatic carbocycles. The third kappa shape index (κ3) is 3.15. The van der Waals surface area contributed by atoms with E-state index in [1.165, 1.54) is 5.56 Å². The van der Waals surface area contributed by atoms with E-state index >= 15 is 0 Å². The Labute approximate surface area is 146 Å². The summed E-state index contributed by atoms with van der Waals surface area (Å²) in [7, 11) is 0. The predicted molar refractivity (Wildman–Crippen MR) is 96.4 cm³/mol. The van der Waals surface area contributed by atoms with Gasteiger partial charge in [-0.05, 0) is 31.2 Å². The minimum absolute atomic E-state index is 0.331. The highest BCUT2D eigenvalue weighted by atomic mass is 35.6. The van der Waals surface area contributed by atoms with Crippen molar-refractivity contribution in [2.24, 2.45) is 0 Å². The summed E-state index contributed by atoms with van der Waals surface area (Å²) in [5, 5.41) is 0. The zero-order chi connectivity index (χ0) is 15.7. The highest BCUT2D eigenvalue weighted by molar-refractivity contribution is 6.68. The lowest BCUT2D eigenvalue weighted by Crippen LogP contribution is -2.48. The summed E-state index contributed by atoms with van der Waals surface area (Å²) in [6, 6.07) is 18.4. The van der Waals surface area contributed by atoms with Gasteiger partial charge >= 0.3 is 0 Å². The second-order valence-electron chi connectivity index (χ2n) is 5.47. The maximum atomic E-state index is 6.31.